The second-order valence-electron chi connectivity index (χ2n) is 5.76. The molecule has 0 aliphatic heterocycles. The summed E-state index contributed by atoms with van der Waals surface area (Å²) in [5.41, 5.74) is 2.36. The summed E-state index contributed by atoms with van der Waals surface area (Å²) in [6, 6.07) is 11.5. The van der Waals surface area contributed by atoms with Crippen molar-refractivity contribution < 1.29 is 8.42 Å². The zero-order chi connectivity index (χ0) is 17.7. The Bertz CT molecular complexity index is 935. The SMILES string of the molecule is CCCS(=O)(=O)Nc1ccc(NCCc2c[nH]c3ccccc23)nn1. The smallest absolute Gasteiger partial charge is 0.233 e. The Morgan fingerprint density at radius 1 is 1.08 bits per heavy atom. The first kappa shape index (κ1) is 17.2. The van der Waals surface area contributed by atoms with Gasteiger partial charge in [-0.1, -0.05) is 25.1 Å². The number of sulfonamides is 1. The van der Waals surface area contributed by atoms with Crippen molar-refractivity contribution >= 4 is 32.6 Å². The first-order valence-electron chi connectivity index (χ1n) is 8.20. The monoisotopic (exact) mass is 359 g/mol. The van der Waals surface area contributed by atoms with Crippen LogP contribution in [0.1, 0.15) is 18.9 Å². The largest absolute Gasteiger partial charge is 0.368 e. The predicted octanol–water partition coefficient (Wildman–Crippen LogP) is 2.76. The van der Waals surface area contributed by atoms with Gasteiger partial charge in [0.1, 0.15) is 5.82 Å². The summed E-state index contributed by atoms with van der Waals surface area (Å²) in [7, 11) is -3.34. The van der Waals surface area contributed by atoms with E-state index in [9.17, 15) is 8.42 Å². The number of H-pyrrole nitrogens is 1. The molecule has 0 amide bonds. The zero-order valence-electron chi connectivity index (χ0n) is 14.0. The lowest BCUT2D eigenvalue weighted by atomic mass is 10.1. The van der Waals surface area contributed by atoms with Crippen molar-refractivity contribution in [1.82, 2.24) is 15.2 Å². The number of hydrogen-bond acceptors (Lipinski definition) is 5. The van der Waals surface area contributed by atoms with E-state index in [0.717, 1.165) is 11.9 Å². The molecule has 1 aromatic carbocycles. The molecule has 3 N–H and O–H groups in total. The Labute approximate surface area is 146 Å². The van der Waals surface area contributed by atoms with Gasteiger partial charge < -0.3 is 10.3 Å². The summed E-state index contributed by atoms with van der Waals surface area (Å²) in [4.78, 5) is 3.26. The van der Waals surface area contributed by atoms with Gasteiger partial charge in [0.2, 0.25) is 10.0 Å². The molecule has 0 bridgehead atoms. The lowest BCUT2D eigenvalue weighted by molar-refractivity contribution is 0.599. The first-order valence-corrected chi connectivity index (χ1v) is 9.86. The van der Waals surface area contributed by atoms with Gasteiger partial charge >= 0.3 is 0 Å². The van der Waals surface area contributed by atoms with Crippen LogP contribution in [-0.2, 0) is 16.4 Å². The number of aromatic amines is 1. The molecule has 0 fully saturated rings. The van der Waals surface area contributed by atoms with Crippen LogP contribution in [0.5, 0.6) is 0 Å². The molecular formula is C17H21N5O2S. The summed E-state index contributed by atoms with van der Waals surface area (Å²) >= 11 is 0. The second-order valence-corrected chi connectivity index (χ2v) is 7.60. The van der Waals surface area contributed by atoms with E-state index in [4.69, 9.17) is 0 Å². The molecule has 7 nitrogen and oxygen atoms in total. The van der Waals surface area contributed by atoms with E-state index in [1.54, 1.807) is 12.1 Å². The van der Waals surface area contributed by atoms with Crippen LogP contribution in [0.2, 0.25) is 0 Å². The number of aromatic nitrogens is 3. The van der Waals surface area contributed by atoms with Crippen LogP contribution in [0.3, 0.4) is 0 Å². The third-order valence-corrected chi connectivity index (χ3v) is 5.24. The molecule has 0 aliphatic rings. The fraction of sp³-hybridized carbons (Fsp3) is 0.294. The Kier molecular flexibility index (Phi) is 5.18. The molecule has 3 aromatic rings. The van der Waals surface area contributed by atoms with Crippen molar-refractivity contribution in [2.24, 2.45) is 0 Å². The van der Waals surface area contributed by atoms with Crippen molar-refractivity contribution in [3.05, 3.63) is 48.2 Å². The first-order chi connectivity index (χ1) is 12.1. The fourth-order valence-corrected chi connectivity index (χ4v) is 3.69. The van der Waals surface area contributed by atoms with Crippen LogP contribution in [0.25, 0.3) is 10.9 Å². The predicted molar refractivity (Wildman–Crippen MR) is 100 cm³/mol. The molecule has 0 atom stereocenters. The number of para-hydroxylation sites is 1. The lowest BCUT2D eigenvalue weighted by Crippen LogP contribution is -2.17. The number of nitrogens with one attached hydrogen (secondary N) is 3. The van der Waals surface area contributed by atoms with Crippen molar-refractivity contribution in [2.45, 2.75) is 19.8 Å². The molecule has 0 radical (unpaired) electrons. The van der Waals surface area contributed by atoms with E-state index in [2.05, 4.69) is 37.4 Å². The molecular weight excluding hydrogens is 338 g/mol. The van der Waals surface area contributed by atoms with Gasteiger partial charge in [-0.25, -0.2) is 8.42 Å². The Morgan fingerprint density at radius 3 is 2.60 bits per heavy atom. The number of hydrogen-bond donors (Lipinski definition) is 3. The van der Waals surface area contributed by atoms with Crippen LogP contribution >= 0.6 is 0 Å². The molecule has 25 heavy (non-hydrogen) atoms. The molecule has 3 rings (SSSR count). The Morgan fingerprint density at radius 2 is 1.84 bits per heavy atom. The van der Waals surface area contributed by atoms with E-state index < -0.39 is 10.0 Å². The van der Waals surface area contributed by atoms with Crippen LogP contribution in [0.15, 0.2) is 42.6 Å². The highest BCUT2D eigenvalue weighted by Gasteiger charge is 2.10. The van der Waals surface area contributed by atoms with Gasteiger partial charge in [-0.2, -0.15) is 0 Å². The number of nitrogens with zero attached hydrogens (tertiary/aromatic N) is 2. The highest BCUT2D eigenvalue weighted by atomic mass is 32.2. The van der Waals surface area contributed by atoms with Crippen LogP contribution in [0.4, 0.5) is 11.6 Å². The average molecular weight is 359 g/mol. The summed E-state index contributed by atoms with van der Waals surface area (Å²) in [6.07, 6.45) is 3.41. The standard InChI is InChI=1S/C17H21N5O2S/c1-2-11-25(23,24)22-17-8-7-16(20-21-17)18-10-9-13-12-19-15-6-4-3-5-14(13)15/h3-8,12,19H,2,9-11H2,1H3,(H,18,20)(H,21,22). The number of rotatable bonds is 8. The van der Waals surface area contributed by atoms with Crippen molar-refractivity contribution in [1.29, 1.82) is 0 Å². The number of benzene rings is 1. The lowest BCUT2D eigenvalue weighted by Gasteiger charge is -2.07. The second kappa shape index (κ2) is 7.52. The van der Waals surface area contributed by atoms with E-state index in [0.29, 0.717) is 18.8 Å². The van der Waals surface area contributed by atoms with Crippen LogP contribution in [0, 0.1) is 0 Å². The molecule has 8 heteroatoms. The molecule has 0 saturated heterocycles. The third-order valence-electron chi connectivity index (χ3n) is 3.77. The van der Waals surface area contributed by atoms with Crippen LogP contribution in [-0.4, -0.2) is 35.9 Å². The molecule has 0 aliphatic carbocycles. The van der Waals surface area contributed by atoms with E-state index >= 15 is 0 Å². The minimum Gasteiger partial charge on any atom is -0.368 e. The minimum atomic E-state index is -3.34. The summed E-state index contributed by atoms with van der Waals surface area (Å²) in [6.45, 7) is 2.52. The van der Waals surface area contributed by atoms with Gasteiger partial charge in [-0.3, -0.25) is 4.72 Å². The maximum atomic E-state index is 11.7. The van der Waals surface area contributed by atoms with Gasteiger partial charge in [0.05, 0.1) is 5.75 Å². The number of anilines is 2. The van der Waals surface area contributed by atoms with Gasteiger partial charge in [0.25, 0.3) is 0 Å². The molecule has 0 saturated carbocycles. The van der Waals surface area contributed by atoms with Crippen molar-refractivity contribution in [3.8, 4) is 0 Å². The van der Waals surface area contributed by atoms with E-state index in [1.807, 2.05) is 25.3 Å². The molecule has 132 valence electrons. The minimum absolute atomic E-state index is 0.0688. The number of fused-ring (bicyclic) bond motifs is 1. The van der Waals surface area contributed by atoms with Crippen LogP contribution < -0.4 is 10.0 Å². The highest BCUT2D eigenvalue weighted by molar-refractivity contribution is 7.92. The fourth-order valence-electron chi connectivity index (χ4n) is 2.62. The van der Waals surface area contributed by atoms with E-state index in [-0.39, 0.29) is 11.6 Å². The molecule has 2 heterocycles. The summed E-state index contributed by atoms with van der Waals surface area (Å²) in [5, 5.41) is 12.3. The summed E-state index contributed by atoms with van der Waals surface area (Å²) < 4.78 is 25.8. The average Bonchev–Trinajstić information content (AvgIpc) is 2.99. The van der Waals surface area contributed by atoms with Gasteiger partial charge in [0.15, 0.2) is 5.82 Å². The van der Waals surface area contributed by atoms with Gasteiger partial charge in [-0.05, 0) is 36.6 Å². The topological polar surface area (TPSA) is 99.8 Å². The Balaban J connectivity index is 1.55. The maximum absolute atomic E-state index is 11.7. The van der Waals surface area contributed by atoms with E-state index in [1.165, 1.54) is 10.9 Å². The van der Waals surface area contributed by atoms with Crippen molar-refractivity contribution in [3.63, 3.8) is 0 Å². The highest BCUT2D eigenvalue weighted by Crippen LogP contribution is 2.18. The molecule has 2 aromatic heterocycles. The molecule has 0 unspecified atom stereocenters. The Hall–Kier alpha value is -2.61. The maximum Gasteiger partial charge on any atom is 0.233 e. The molecule has 0 spiro atoms. The van der Waals surface area contributed by atoms with Crippen molar-refractivity contribution in [2.75, 3.05) is 22.3 Å². The third kappa shape index (κ3) is 4.48. The van der Waals surface area contributed by atoms with Gasteiger partial charge in [-0.15, -0.1) is 10.2 Å². The quantitative estimate of drug-likeness (QED) is 0.574. The van der Waals surface area contributed by atoms with Gasteiger partial charge in [0, 0.05) is 23.6 Å². The zero-order valence-corrected chi connectivity index (χ0v) is 14.8. The normalized spacial score (nSPS) is 11.6. The summed E-state index contributed by atoms with van der Waals surface area (Å²) in [5.74, 6) is 0.910.